The number of hydrogen-bond donors (Lipinski definition) is 1. The lowest BCUT2D eigenvalue weighted by Gasteiger charge is -2.30. The molecule has 0 saturated carbocycles. The summed E-state index contributed by atoms with van der Waals surface area (Å²) in [5.74, 6) is 0. The van der Waals surface area contributed by atoms with E-state index in [1.165, 1.54) is 51.9 Å². The van der Waals surface area contributed by atoms with Crippen LogP contribution in [0.2, 0.25) is 0 Å². The van der Waals surface area contributed by atoms with Gasteiger partial charge in [0, 0.05) is 25.2 Å². The second kappa shape index (κ2) is 5.28. The van der Waals surface area contributed by atoms with Gasteiger partial charge in [0.15, 0.2) is 0 Å². The molecular formula is C12H25N3. The van der Waals surface area contributed by atoms with Crippen molar-refractivity contribution in [3.8, 4) is 0 Å². The van der Waals surface area contributed by atoms with Gasteiger partial charge in [-0.25, -0.2) is 0 Å². The first kappa shape index (κ1) is 11.4. The summed E-state index contributed by atoms with van der Waals surface area (Å²) < 4.78 is 0. The zero-order valence-electron chi connectivity index (χ0n) is 10.2. The fourth-order valence-corrected chi connectivity index (χ4v) is 2.95. The van der Waals surface area contributed by atoms with Gasteiger partial charge in [0.25, 0.3) is 0 Å². The minimum Gasteiger partial charge on any atom is -0.312 e. The standard InChI is InChI=1S/C12H25N3/c1-14(2)9-10-15-8-4-6-12(15)11-5-3-7-13-11/h11-13H,3-10H2,1-2H3. The minimum absolute atomic E-state index is 0.787. The molecule has 2 atom stereocenters. The predicted octanol–water partition coefficient (Wildman–Crippen LogP) is 0.764. The number of nitrogens with one attached hydrogen (secondary N) is 1. The number of likely N-dealkylation sites (tertiary alicyclic amines) is 1. The van der Waals surface area contributed by atoms with Crippen LogP contribution in [0.3, 0.4) is 0 Å². The van der Waals surface area contributed by atoms with E-state index in [2.05, 4.69) is 29.2 Å². The van der Waals surface area contributed by atoms with Crippen LogP contribution in [0.5, 0.6) is 0 Å². The Hall–Kier alpha value is -0.120. The molecule has 3 nitrogen and oxygen atoms in total. The molecule has 2 aliphatic heterocycles. The lowest BCUT2D eigenvalue weighted by atomic mass is 10.0. The van der Waals surface area contributed by atoms with Crippen molar-refractivity contribution in [2.75, 3.05) is 40.3 Å². The molecule has 0 amide bonds. The van der Waals surface area contributed by atoms with Crippen LogP contribution in [0.1, 0.15) is 25.7 Å². The minimum atomic E-state index is 0.787. The van der Waals surface area contributed by atoms with Gasteiger partial charge in [0.2, 0.25) is 0 Å². The molecule has 0 spiro atoms. The van der Waals surface area contributed by atoms with Gasteiger partial charge in [-0.1, -0.05) is 0 Å². The fourth-order valence-electron chi connectivity index (χ4n) is 2.95. The maximum Gasteiger partial charge on any atom is 0.0250 e. The second-order valence-electron chi connectivity index (χ2n) is 5.25. The van der Waals surface area contributed by atoms with E-state index in [4.69, 9.17) is 0 Å². The van der Waals surface area contributed by atoms with Crippen LogP contribution in [0.25, 0.3) is 0 Å². The molecule has 2 unspecified atom stereocenters. The van der Waals surface area contributed by atoms with Crippen LogP contribution in [-0.4, -0.2) is 62.2 Å². The first-order valence-electron chi connectivity index (χ1n) is 6.39. The summed E-state index contributed by atoms with van der Waals surface area (Å²) in [6.45, 7) is 5.00. The Kier molecular flexibility index (Phi) is 4.00. The van der Waals surface area contributed by atoms with Gasteiger partial charge >= 0.3 is 0 Å². The fraction of sp³-hybridized carbons (Fsp3) is 1.00. The Balaban J connectivity index is 1.81. The molecule has 0 aromatic heterocycles. The maximum atomic E-state index is 3.66. The first-order valence-corrected chi connectivity index (χ1v) is 6.39. The molecular weight excluding hydrogens is 186 g/mol. The molecule has 0 bridgehead atoms. The first-order chi connectivity index (χ1) is 7.27. The van der Waals surface area contributed by atoms with Crippen molar-refractivity contribution >= 4 is 0 Å². The molecule has 2 heterocycles. The lowest BCUT2D eigenvalue weighted by Crippen LogP contribution is -2.45. The molecule has 1 N–H and O–H groups in total. The molecule has 3 heteroatoms. The van der Waals surface area contributed by atoms with Crippen LogP contribution in [-0.2, 0) is 0 Å². The van der Waals surface area contributed by atoms with E-state index in [1.807, 2.05) is 0 Å². The molecule has 15 heavy (non-hydrogen) atoms. The van der Waals surface area contributed by atoms with E-state index in [9.17, 15) is 0 Å². The summed E-state index contributed by atoms with van der Waals surface area (Å²) in [5.41, 5.74) is 0. The molecule has 2 saturated heterocycles. The molecule has 0 radical (unpaired) electrons. The molecule has 2 rings (SSSR count). The zero-order chi connectivity index (χ0) is 10.7. The number of likely N-dealkylation sites (N-methyl/N-ethyl adjacent to an activating group) is 1. The molecule has 2 fully saturated rings. The van der Waals surface area contributed by atoms with Crippen LogP contribution >= 0.6 is 0 Å². The number of hydrogen-bond acceptors (Lipinski definition) is 3. The van der Waals surface area contributed by atoms with Gasteiger partial charge in [-0.3, -0.25) is 4.90 Å². The number of nitrogens with zero attached hydrogens (tertiary/aromatic N) is 2. The van der Waals surface area contributed by atoms with Crippen molar-refractivity contribution in [2.24, 2.45) is 0 Å². The van der Waals surface area contributed by atoms with Gasteiger partial charge in [-0.15, -0.1) is 0 Å². The summed E-state index contributed by atoms with van der Waals surface area (Å²) in [6, 6.07) is 1.61. The number of rotatable bonds is 4. The molecule has 2 aliphatic rings. The maximum absolute atomic E-state index is 3.66. The Labute approximate surface area is 93.8 Å². The highest BCUT2D eigenvalue weighted by molar-refractivity contribution is 4.92. The van der Waals surface area contributed by atoms with Gasteiger partial charge in [-0.05, 0) is 52.9 Å². The summed E-state index contributed by atoms with van der Waals surface area (Å²) in [4.78, 5) is 4.99. The van der Waals surface area contributed by atoms with Crippen molar-refractivity contribution in [2.45, 2.75) is 37.8 Å². The second-order valence-corrected chi connectivity index (χ2v) is 5.25. The topological polar surface area (TPSA) is 18.5 Å². The third kappa shape index (κ3) is 2.92. The summed E-state index contributed by atoms with van der Waals surface area (Å²) >= 11 is 0. The summed E-state index contributed by atoms with van der Waals surface area (Å²) in [7, 11) is 4.33. The van der Waals surface area contributed by atoms with E-state index in [0.717, 1.165) is 12.1 Å². The van der Waals surface area contributed by atoms with Crippen LogP contribution in [0, 0.1) is 0 Å². The normalized spacial score (nSPS) is 33.0. The Morgan fingerprint density at radius 3 is 2.80 bits per heavy atom. The van der Waals surface area contributed by atoms with Crippen molar-refractivity contribution < 1.29 is 0 Å². The monoisotopic (exact) mass is 211 g/mol. The highest BCUT2D eigenvalue weighted by Crippen LogP contribution is 2.24. The van der Waals surface area contributed by atoms with Gasteiger partial charge < -0.3 is 10.2 Å². The summed E-state index contributed by atoms with van der Waals surface area (Å²) in [6.07, 6.45) is 5.58. The SMILES string of the molecule is CN(C)CCN1CCCC1C1CCCN1. The molecule has 0 aliphatic carbocycles. The third-order valence-electron chi connectivity index (χ3n) is 3.81. The average molecular weight is 211 g/mol. The average Bonchev–Trinajstić information content (AvgIpc) is 2.85. The predicted molar refractivity (Wildman–Crippen MR) is 64.2 cm³/mol. The van der Waals surface area contributed by atoms with E-state index >= 15 is 0 Å². The Morgan fingerprint density at radius 2 is 2.13 bits per heavy atom. The largest absolute Gasteiger partial charge is 0.312 e. The van der Waals surface area contributed by atoms with Gasteiger partial charge in [0.05, 0.1) is 0 Å². The van der Waals surface area contributed by atoms with Crippen molar-refractivity contribution in [3.63, 3.8) is 0 Å². The van der Waals surface area contributed by atoms with E-state index in [1.54, 1.807) is 0 Å². The van der Waals surface area contributed by atoms with E-state index in [0.29, 0.717) is 0 Å². The molecule has 0 aromatic rings. The van der Waals surface area contributed by atoms with Crippen LogP contribution in [0.15, 0.2) is 0 Å². The Morgan fingerprint density at radius 1 is 1.27 bits per heavy atom. The highest BCUT2D eigenvalue weighted by Gasteiger charge is 2.32. The van der Waals surface area contributed by atoms with E-state index in [-0.39, 0.29) is 0 Å². The van der Waals surface area contributed by atoms with Crippen LogP contribution < -0.4 is 5.32 Å². The quantitative estimate of drug-likeness (QED) is 0.741. The summed E-state index contributed by atoms with van der Waals surface area (Å²) in [5, 5.41) is 3.66. The Bertz CT molecular complexity index is 187. The smallest absolute Gasteiger partial charge is 0.0250 e. The molecule has 88 valence electrons. The lowest BCUT2D eigenvalue weighted by molar-refractivity contribution is 0.195. The van der Waals surface area contributed by atoms with Crippen molar-refractivity contribution in [1.82, 2.24) is 15.1 Å². The van der Waals surface area contributed by atoms with Crippen LogP contribution in [0.4, 0.5) is 0 Å². The van der Waals surface area contributed by atoms with Gasteiger partial charge in [0.1, 0.15) is 0 Å². The highest BCUT2D eigenvalue weighted by atomic mass is 15.2. The van der Waals surface area contributed by atoms with E-state index < -0.39 is 0 Å². The van der Waals surface area contributed by atoms with Crippen molar-refractivity contribution in [3.05, 3.63) is 0 Å². The van der Waals surface area contributed by atoms with Crippen molar-refractivity contribution in [1.29, 1.82) is 0 Å². The zero-order valence-corrected chi connectivity index (χ0v) is 10.2. The molecule has 0 aromatic carbocycles. The van der Waals surface area contributed by atoms with Gasteiger partial charge in [-0.2, -0.15) is 0 Å². The third-order valence-corrected chi connectivity index (χ3v) is 3.81.